The van der Waals surface area contributed by atoms with Crippen LogP contribution in [0.3, 0.4) is 0 Å². The average molecular weight is 461 g/mol. The highest BCUT2D eigenvalue weighted by Crippen LogP contribution is 2.25. The number of hydrogen-bond acceptors (Lipinski definition) is 3. The van der Waals surface area contributed by atoms with E-state index in [4.69, 9.17) is 23.2 Å². The van der Waals surface area contributed by atoms with Crippen LogP contribution in [0.15, 0.2) is 77.7 Å². The summed E-state index contributed by atoms with van der Waals surface area (Å²) in [4.78, 5) is 12.3. The lowest BCUT2D eigenvalue weighted by Gasteiger charge is -2.09. The molecule has 0 bridgehead atoms. The lowest BCUT2D eigenvalue weighted by atomic mass is 10.2. The maximum absolute atomic E-state index is 12.4. The zero-order valence-electron chi connectivity index (χ0n) is 15.9. The SMILES string of the molecule is Cc1ccc(S(=O)(=O)Nc2ccc(NC(=O)C=Cc3c(Cl)cccc3Cl)cc2)cc1. The van der Waals surface area contributed by atoms with Gasteiger partial charge in [-0.2, -0.15) is 0 Å². The van der Waals surface area contributed by atoms with Gasteiger partial charge >= 0.3 is 0 Å². The van der Waals surface area contributed by atoms with E-state index in [0.717, 1.165) is 5.56 Å². The Morgan fingerprint density at radius 3 is 2.03 bits per heavy atom. The number of benzene rings is 3. The van der Waals surface area contributed by atoms with Crippen molar-refractivity contribution in [3.8, 4) is 0 Å². The van der Waals surface area contributed by atoms with Crippen LogP contribution >= 0.6 is 23.2 Å². The van der Waals surface area contributed by atoms with Gasteiger partial charge in [0.1, 0.15) is 0 Å². The number of carbonyl (C=O) groups is 1. The van der Waals surface area contributed by atoms with E-state index in [0.29, 0.717) is 27.0 Å². The summed E-state index contributed by atoms with van der Waals surface area (Å²) in [6.45, 7) is 1.88. The summed E-state index contributed by atoms with van der Waals surface area (Å²) in [6, 6.07) is 18.0. The van der Waals surface area contributed by atoms with Gasteiger partial charge in [0.05, 0.1) is 4.90 Å². The molecule has 0 aromatic heterocycles. The van der Waals surface area contributed by atoms with Gasteiger partial charge in [-0.25, -0.2) is 8.42 Å². The van der Waals surface area contributed by atoms with Crippen LogP contribution in [0.4, 0.5) is 11.4 Å². The standard InChI is InChI=1S/C22H18Cl2N2O3S/c1-15-5-11-18(12-6-15)30(28,29)26-17-9-7-16(8-10-17)25-22(27)14-13-19-20(23)3-2-4-21(19)24/h2-14,26H,1H3,(H,25,27). The fourth-order valence-electron chi connectivity index (χ4n) is 2.57. The van der Waals surface area contributed by atoms with E-state index in [1.807, 2.05) is 6.92 Å². The first-order chi connectivity index (χ1) is 14.2. The number of aryl methyl sites for hydroxylation is 1. The van der Waals surface area contributed by atoms with E-state index in [2.05, 4.69) is 10.0 Å². The molecule has 3 aromatic carbocycles. The van der Waals surface area contributed by atoms with Gasteiger partial charge in [0, 0.05) is 33.1 Å². The highest BCUT2D eigenvalue weighted by molar-refractivity contribution is 7.92. The molecule has 0 heterocycles. The molecule has 30 heavy (non-hydrogen) atoms. The molecule has 0 saturated heterocycles. The highest BCUT2D eigenvalue weighted by atomic mass is 35.5. The molecule has 2 N–H and O–H groups in total. The van der Waals surface area contributed by atoms with E-state index in [-0.39, 0.29) is 10.8 Å². The molecule has 0 unspecified atom stereocenters. The van der Waals surface area contributed by atoms with Gasteiger partial charge in [0.2, 0.25) is 5.91 Å². The molecule has 0 fully saturated rings. The van der Waals surface area contributed by atoms with E-state index < -0.39 is 10.0 Å². The molecule has 0 aliphatic rings. The Balaban J connectivity index is 1.65. The zero-order valence-corrected chi connectivity index (χ0v) is 18.2. The zero-order chi connectivity index (χ0) is 21.7. The molecular weight excluding hydrogens is 443 g/mol. The third-order valence-corrected chi connectivity index (χ3v) is 6.19. The second-order valence-electron chi connectivity index (χ2n) is 6.45. The van der Waals surface area contributed by atoms with Crippen LogP contribution in [0.25, 0.3) is 6.08 Å². The molecule has 0 saturated carbocycles. The summed E-state index contributed by atoms with van der Waals surface area (Å²) in [6.07, 6.45) is 2.85. The molecule has 3 aromatic rings. The molecule has 154 valence electrons. The topological polar surface area (TPSA) is 75.3 Å². The first-order valence-corrected chi connectivity index (χ1v) is 11.1. The minimum atomic E-state index is -3.69. The summed E-state index contributed by atoms with van der Waals surface area (Å²) in [5.41, 5.74) is 2.41. The van der Waals surface area contributed by atoms with Crippen LogP contribution in [-0.2, 0) is 14.8 Å². The fourth-order valence-corrected chi connectivity index (χ4v) is 4.15. The third kappa shape index (κ3) is 5.63. The number of rotatable bonds is 6. The quantitative estimate of drug-likeness (QED) is 0.459. The van der Waals surface area contributed by atoms with Crippen LogP contribution in [0.2, 0.25) is 10.0 Å². The summed E-state index contributed by atoms with van der Waals surface area (Å²) in [5.74, 6) is -0.376. The largest absolute Gasteiger partial charge is 0.323 e. The van der Waals surface area contributed by atoms with Crippen molar-refractivity contribution >= 4 is 56.6 Å². The van der Waals surface area contributed by atoms with Gasteiger partial charge in [0.15, 0.2) is 0 Å². The maximum Gasteiger partial charge on any atom is 0.261 e. The van der Waals surface area contributed by atoms with Crippen molar-refractivity contribution in [1.82, 2.24) is 0 Å². The van der Waals surface area contributed by atoms with Crippen molar-refractivity contribution in [2.75, 3.05) is 10.0 Å². The second kappa shape index (κ2) is 9.34. The van der Waals surface area contributed by atoms with Crippen molar-refractivity contribution in [1.29, 1.82) is 0 Å². The summed E-state index contributed by atoms with van der Waals surface area (Å²) >= 11 is 12.1. The third-order valence-electron chi connectivity index (χ3n) is 4.14. The Hall–Kier alpha value is -2.80. The smallest absolute Gasteiger partial charge is 0.261 e. The second-order valence-corrected chi connectivity index (χ2v) is 8.95. The number of halogens is 2. The number of carbonyl (C=O) groups excluding carboxylic acids is 1. The molecule has 5 nitrogen and oxygen atoms in total. The Morgan fingerprint density at radius 1 is 0.867 bits per heavy atom. The maximum atomic E-state index is 12.4. The number of hydrogen-bond donors (Lipinski definition) is 2. The number of nitrogens with one attached hydrogen (secondary N) is 2. The first kappa shape index (κ1) is 21.9. The molecule has 0 aliphatic heterocycles. The Morgan fingerprint density at radius 2 is 1.43 bits per heavy atom. The predicted molar refractivity (Wildman–Crippen MR) is 123 cm³/mol. The van der Waals surface area contributed by atoms with Gasteiger partial charge in [-0.3, -0.25) is 9.52 Å². The summed E-state index contributed by atoms with van der Waals surface area (Å²) < 4.78 is 27.4. The molecule has 0 atom stereocenters. The first-order valence-electron chi connectivity index (χ1n) is 8.87. The van der Waals surface area contributed by atoms with Crippen LogP contribution in [-0.4, -0.2) is 14.3 Å². The normalized spacial score (nSPS) is 11.4. The van der Waals surface area contributed by atoms with E-state index >= 15 is 0 Å². The fraction of sp³-hybridized carbons (Fsp3) is 0.0455. The number of anilines is 2. The summed E-state index contributed by atoms with van der Waals surface area (Å²) in [7, 11) is -3.69. The molecule has 0 aliphatic carbocycles. The van der Waals surface area contributed by atoms with E-state index in [1.165, 1.54) is 12.2 Å². The van der Waals surface area contributed by atoms with Crippen molar-refractivity contribution in [2.45, 2.75) is 11.8 Å². The van der Waals surface area contributed by atoms with Gasteiger partial charge in [-0.05, 0) is 61.5 Å². The van der Waals surface area contributed by atoms with E-state index in [9.17, 15) is 13.2 Å². The molecule has 1 amide bonds. The number of sulfonamides is 1. The monoisotopic (exact) mass is 460 g/mol. The van der Waals surface area contributed by atoms with Gasteiger partial charge in [-0.15, -0.1) is 0 Å². The van der Waals surface area contributed by atoms with Crippen molar-refractivity contribution in [2.24, 2.45) is 0 Å². The molecule has 3 rings (SSSR count). The van der Waals surface area contributed by atoms with Gasteiger partial charge in [-0.1, -0.05) is 47.0 Å². The van der Waals surface area contributed by atoms with Crippen LogP contribution in [0.5, 0.6) is 0 Å². The van der Waals surface area contributed by atoms with Crippen LogP contribution in [0.1, 0.15) is 11.1 Å². The van der Waals surface area contributed by atoms with Crippen LogP contribution in [0, 0.1) is 6.92 Å². The Bertz CT molecular complexity index is 1170. The molecule has 0 radical (unpaired) electrons. The van der Waals surface area contributed by atoms with Crippen LogP contribution < -0.4 is 10.0 Å². The summed E-state index contributed by atoms with van der Waals surface area (Å²) in [5, 5.41) is 3.57. The number of amides is 1. The Kier molecular flexibility index (Phi) is 6.82. The highest BCUT2D eigenvalue weighted by Gasteiger charge is 2.13. The average Bonchev–Trinajstić information content (AvgIpc) is 2.69. The lowest BCUT2D eigenvalue weighted by molar-refractivity contribution is -0.111. The van der Waals surface area contributed by atoms with Gasteiger partial charge < -0.3 is 5.32 Å². The minimum absolute atomic E-state index is 0.175. The lowest BCUT2D eigenvalue weighted by Crippen LogP contribution is -2.13. The Labute approximate surface area is 185 Å². The predicted octanol–water partition coefficient (Wildman–Crippen LogP) is 5.75. The van der Waals surface area contributed by atoms with Crippen molar-refractivity contribution in [3.05, 3.63) is 94.0 Å². The van der Waals surface area contributed by atoms with Crippen molar-refractivity contribution < 1.29 is 13.2 Å². The molecule has 0 spiro atoms. The van der Waals surface area contributed by atoms with Crippen molar-refractivity contribution in [3.63, 3.8) is 0 Å². The van der Waals surface area contributed by atoms with Gasteiger partial charge in [0.25, 0.3) is 10.0 Å². The van der Waals surface area contributed by atoms with E-state index in [1.54, 1.807) is 66.7 Å². The molecule has 8 heteroatoms. The minimum Gasteiger partial charge on any atom is -0.323 e. The molecular formula is C22H18Cl2N2O3S.